The van der Waals surface area contributed by atoms with Gasteiger partial charge in [0.1, 0.15) is 0 Å². The highest BCUT2D eigenvalue weighted by atomic mass is 16.3. The lowest BCUT2D eigenvalue weighted by Crippen LogP contribution is -2.69. The molecule has 2 bridgehead atoms. The van der Waals surface area contributed by atoms with Crippen molar-refractivity contribution in [2.45, 2.75) is 82.9 Å². The molecule has 0 unspecified atom stereocenters. The van der Waals surface area contributed by atoms with Crippen LogP contribution in [0.4, 0.5) is 0 Å². The van der Waals surface area contributed by atoms with Gasteiger partial charge in [0.25, 0.3) is 0 Å². The molecule has 1 spiro atoms. The van der Waals surface area contributed by atoms with E-state index in [1.54, 1.807) is 0 Å². The lowest BCUT2D eigenvalue weighted by Gasteiger charge is -2.67. The summed E-state index contributed by atoms with van der Waals surface area (Å²) >= 11 is 0. The summed E-state index contributed by atoms with van der Waals surface area (Å²) in [4.78, 5) is 0. The predicted octanol–water partition coefficient (Wildman–Crippen LogP) is 0.973. The van der Waals surface area contributed by atoms with Crippen LogP contribution in [-0.2, 0) is 0 Å². The molecule has 5 nitrogen and oxygen atoms in total. The molecule has 4 rings (SSSR count). The third-order valence-corrected chi connectivity index (χ3v) is 8.89. The van der Waals surface area contributed by atoms with E-state index in [0.717, 1.165) is 6.42 Å². The molecule has 0 saturated heterocycles. The maximum atomic E-state index is 11.1. The topological polar surface area (TPSA) is 101 Å². The molecule has 5 heteroatoms. The van der Waals surface area contributed by atoms with E-state index in [2.05, 4.69) is 6.58 Å². The van der Waals surface area contributed by atoms with Gasteiger partial charge in [-0.25, -0.2) is 0 Å². The van der Waals surface area contributed by atoms with Crippen LogP contribution in [0.3, 0.4) is 0 Å². The number of hydrogen-bond donors (Lipinski definition) is 5. The van der Waals surface area contributed by atoms with Crippen molar-refractivity contribution in [3.05, 3.63) is 12.2 Å². The van der Waals surface area contributed by atoms with E-state index in [9.17, 15) is 25.5 Å². The van der Waals surface area contributed by atoms with Crippen molar-refractivity contribution in [2.24, 2.45) is 28.1 Å². The van der Waals surface area contributed by atoms with Crippen LogP contribution < -0.4 is 0 Å². The maximum Gasteiger partial charge on any atom is 0.0910 e. The first-order chi connectivity index (χ1) is 11.4. The van der Waals surface area contributed by atoms with Gasteiger partial charge in [-0.15, -0.1) is 0 Å². The number of rotatable bonds is 0. The van der Waals surface area contributed by atoms with Crippen molar-refractivity contribution in [1.29, 1.82) is 0 Å². The first-order valence-electron chi connectivity index (χ1n) is 9.55. The van der Waals surface area contributed by atoms with Crippen LogP contribution in [0.5, 0.6) is 0 Å². The zero-order valence-corrected chi connectivity index (χ0v) is 15.4. The van der Waals surface area contributed by atoms with Gasteiger partial charge >= 0.3 is 0 Å². The Balaban J connectivity index is 1.87. The second kappa shape index (κ2) is 4.87. The second-order valence-corrected chi connectivity index (χ2v) is 10.2. The van der Waals surface area contributed by atoms with E-state index >= 15 is 0 Å². The van der Waals surface area contributed by atoms with Gasteiger partial charge in [0, 0.05) is 29.6 Å². The molecule has 25 heavy (non-hydrogen) atoms. The van der Waals surface area contributed by atoms with E-state index in [0.29, 0.717) is 18.4 Å². The Bertz CT molecular complexity index is 617. The average Bonchev–Trinajstić information content (AvgIpc) is 2.64. The van der Waals surface area contributed by atoms with Crippen molar-refractivity contribution in [3.8, 4) is 0 Å². The monoisotopic (exact) mass is 352 g/mol. The summed E-state index contributed by atoms with van der Waals surface area (Å²) in [5.74, 6) is -0.286. The maximum absolute atomic E-state index is 11.1. The molecule has 0 aliphatic heterocycles. The van der Waals surface area contributed by atoms with E-state index in [1.807, 2.05) is 20.8 Å². The molecule has 5 N–H and O–H groups in total. The van der Waals surface area contributed by atoms with Crippen LogP contribution in [0.15, 0.2) is 12.2 Å². The summed E-state index contributed by atoms with van der Waals surface area (Å²) in [6.45, 7) is 10.0. The smallest absolute Gasteiger partial charge is 0.0910 e. The molecule has 0 aromatic rings. The minimum absolute atomic E-state index is 0.0382. The molecule has 0 heterocycles. The Morgan fingerprint density at radius 1 is 1.04 bits per heavy atom. The lowest BCUT2D eigenvalue weighted by atomic mass is 9.39. The summed E-state index contributed by atoms with van der Waals surface area (Å²) in [5, 5.41) is 54.6. The number of fused-ring (bicyclic) bond motifs is 3. The van der Waals surface area contributed by atoms with Crippen LogP contribution in [0.2, 0.25) is 0 Å². The zero-order valence-electron chi connectivity index (χ0n) is 15.4. The highest BCUT2D eigenvalue weighted by Gasteiger charge is 2.74. The Hall–Kier alpha value is -0.460. The molecule has 4 aliphatic rings. The number of hydrogen-bond acceptors (Lipinski definition) is 5. The van der Waals surface area contributed by atoms with Gasteiger partial charge < -0.3 is 25.5 Å². The third-order valence-electron chi connectivity index (χ3n) is 8.89. The molecule has 4 saturated carbocycles. The van der Waals surface area contributed by atoms with Gasteiger partial charge in [-0.3, -0.25) is 0 Å². The van der Waals surface area contributed by atoms with Crippen LogP contribution >= 0.6 is 0 Å². The molecule has 9 atom stereocenters. The van der Waals surface area contributed by atoms with E-state index in [-0.39, 0.29) is 30.1 Å². The first-order valence-corrected chi connectivity index (χ1v) is 9.55. The third kappa shape index (κ3) is 1.86. The Morgan fingerprint density at radius 2 is 1.68 bits per heavy atom. The van der Waals surface area contributed by atoms with Gasteiger partial charge in [-0.1, -0.05) is 27.4 Å². The van der Waals surface area contributed by atoms with Crippen molar-refractivity contribution in [1.82, 2.24) is 0 Å². The molecule has 0 aromatic heterocycles. The van der Waals surface area contributed by atoms with Crippen molar-refractivity contribution in [3.63, 3.8) is 0 Å². The molecule has 4 aliphatic carbocycles. The fraction of sp³-hybridized carbons (Fsp3) is 0.900. The molecular formula is C20H32O5. The normalized spacial score (nSPS) is 60.1. The summed E-state index contributed by atoms with van der Waals surface area (Å²) in [6.07, 6.45) is -0.740. The highest BCUT2D eigenvalue weighted by molar-refractivity contribution is 5.35. The van der Waals surface area contributed by atoms with Crippen LogP contribution in [0.1, 0.15) is 52.9 Å². The standard InChI is InChI=1S/C20H32O5/c1-10-16(24)19-6-5-12-17(2,3)13(22)7-14(23)18(12,4)15(19)11(21)8-20(10,25)9-19/h11-16,21-25H,1,5-9H2,2-4H3/t11-,12+,13+,14-,15-,16+,18-,19+,20-/m0/s1. The summed E-state index contributed by atoms with van der Waals surface area (Å²) in [6, 6.07) is 0. The first kappa shape index (κ1) is 17.9. The van der Waals surface area contributed by atoms with Gasteiger partial charge in [-0.2, -0.15) is 0 Å². The Morgan fingerprint density at radius 3 is 2.32 bits per heavy atom. The molecule has 142 valence electrons. The van der Waals surface area contributed by atoms with Crippen molar-refractivity contribution >= 4 is 0 Å². The fourth-order valence-electron chi connectivity index (χ4n) is 7.66. The van der Waals surface area contributed by atoms with E-state index in [1.165, 1.54) is 0 Å². The van der Waals surface area contributed by atoms with Gasteiger partial charge in [0.05, 0.1) is 30.0 Å². The van der Waals surface area contributed by atoms with Crippen molar-refractivity contribution in [2.75, 3.05) is 0 Å². The fourth-order valence-corrected chi connectivity index (χ4v) is 7.66. The minimum atomic E-state index is -1.22. The molecule has 0 aromatic carbocycles. The predicted molar refractivity (Wildman–Crippen MR) is 92.5 cm³/mol. The summed E-state index contributed by atoms with van der Waals surface area (Å²) in [5.41, 5.74) is -2.43. The van der Waals surface area contributed by atoms with Crippen molar-refractivity contribution < 1.29 is 25.5 Å². The summed E-state index contributed by atoms with van der Waals surface area (Å²) < 4.78 is 0. The lowest BCUT2D eigenvalue weighted by molar-refractivity contribution is -0.266. The molecular weight excluding hydrogens is 320 g/mol. The number of aliphatic hydroxyl groups excluding tert-OH is 4. The zero-order chi connectivity index (χ0) is 18.6. The molecule has 4 fully saturated rings. The quantitative estimate of drug-likeness (QED) is 0.418. The van der Waals surface area contributed by atoms with Crippen LogP contribution in [0.25, 0.3) is 0 Å². The van der Waals surface area contributed by atoms with E-state index < -0.39 is 40.8 Å². The van der Waals surface area contributed by atoms with Crippen LogP contribution in [0, 0.1) is 28.1 Å². The van der Waals surface area contributed by atoms with Gasteiger partial charge in [0.2, 0.25) is 0 Å². The minimum Gasteiger partial charge on any atom is -0.393 e. The van der Waals surface area contributed by atoms with Crippen LogP contribution in [-0.4, -0.2) is 55.5 Å². The second-order valence-electron chi connectivity index (χ2n) is 10.2. The molecule has 0 amide bonds. The Labute approximate surface area is 149 Å². The average molecular weight is 352 g/mol. The number of aliphatic hydroxyl groups is 5. The SMILES string of the molecule is C=C1[C@@H](O)[C@@]23CC[C@@H]4C(C)(C)[C@H](O)C[C@H](O)[C@@]4(C)[C@@H]2[C@@H](O)C[C@]1(O)C3. The Kier molecular flexibility index (Phi) is 3.49. The van der Waals surface area contributed by atoms with E-state index in [4.69, 9.17) is 0 Å². The largest absolute Gasteiger partial charge is 0.393 e. The van der Waals surface area contributed by atoms with Gasteiger partial charge in [0.15, 0.2) is 0 Å². The summed E-state index contributed by atoms with van der Waals surface area (Å²) in [7, 11) is 0. The highest BCUT2D eigenvalue weighted by Crippen LogP contribution is 2.72. The molecule has 0 radical (unpaired) electrons. The van der Waals surface area contributed by atoms with Gasteiger partial charge in [-0.05, 0) is 36.2 Å².